The molecule has 136 valence electrons. The average molecular weight is 349 g/mol. The van der Waals surface area contributed by atoms with Gasteiger partial charge in [0.05, 0.1) is 14.2 Å². The van der Waals surface area contributed by atoms with Crippen LogP contribution in [0.15, 0.2) is 12.1 Å². The molecule has 1 rings (SSSR count). The zero-order valence-corrected chi connectivity index (χ0v) is 13.9. The van der Waals surface area contributed by atoms with Gasteiger partial charge >= 0.3 is 12.1 Å². The fourth-order valence-electron chi connectivity index (χ4n) is 2.34. The van der Waals surface area contributed by atoms with Gasteiger partial charge in [0.15, 0.2) is 0 Å². The average Bonchev–Trinajstić information content (AvgIpc) is 2.51. The summed E-state index contributed by atoms with van der Waals surface area (Å²) in [5.74, 6) is -0.911. The minimum Gasteiger partial charge on any atom is -0.496 e. The molecule has 1 atom stereocenters. The van der Waals surface area contributed by atoms with Gasteiger partial charge in [0, 0.05) is 12.6 Å². The first-order chi connectivity index (χ1) is 11.2. The van der Waals surface area contributed by atoms with Crippen LogP contribution in [-0.4, -0.2) is 44.1 Å². The number of halogens is 3. The summed E-state index contributed by atoms with van der Waals surface area (Å²) >= 11 is 0. The maximum absolute atomic E-state index is 12.3. The summed E-state index contributed by atoms with van der Waals surface area (Å²) in [5, 5.41) is 10.8. The molecule has 1 unspecified atom stereocenters. The molecule has 1 amide bonds. The molecule has 24 heavy (non-hydrogen) atoms. The second-order valence-corrected chi connectivity index (χ2v) is 5.38. The van der Waals surface area contributed by atoms with Gasteiger partial charge in [-0.25, -0.2) is 0 Å². The summed E-state index contributed by atoms with van der Waals surface area (Å²) in [4.78, 5) is 11.0. The molecule has 0 aliphatic rings. The van der Waals surface area contributed by atoms with E-state index in [0.29, 0.717) is 29.9 Å². The van der Waals surface area contributed by atoms with Crippen molar-refractivity contribution in [3.05, 3.63) is 23.3 Å². The molecule has 1 aromatic rings. The number of aliphatic hydroxyl groups excluding tert-OH is 1. The smallest absolute Gasteiger partial charge is 0.471 e. The van der Waals surface area contributed by atoms with Crippen LogP contribution in [0.4, 0.5) is 13.2 Å². The summed E-state index contributed by atoms with van der Waals surface area (Å²) in [6.45, 7) is 1.52. The lowest BCUT2D eigenvalue weighted by atomic mass is 10.0. The summed E-state index contributed by atoms with van der Waals surface area (Å²) in [7, 11) is 2.95. The number of carbonyl (C=O) groups is 1. The van der Waals surface area contributed by atoms with Crippen LogP contribution in [0.3, 0.4) is 0 Å². The zero-order valence-electron chi connectivity index (χ0n) is 13.9. The van der Waals surface area contributed by atoms with Gasteiger partial charge < -0.3 is 19.9 Å². The predicted molar refractivity (Wildman–Crippen MR) is 82.3 cm³/mol. The first kappa shape index (κ1) is 20.1. The van der Waals surface area contributed by atoms with Gasteiger partial charge in [0.1, 0.15) is 11.5 Å². The van der Waals surface area contributed by atoms with Crippen LogP contribution in [0.1, 0.15) is 24.5 Å². The molecule has 0 bridgehead atoms. The largest absolute Gasteiger partial charge is 0.496 e. The van der Waals surface area contributed by atoms with Gasteiger partial charge in [-0.15, -0.1) is 0 Å². The van der Waals surface area contributed by atoms with E-state index < -0.39 is 18.1 Å². The third-order valence-corrected chi connectivity index (χ3v) is 3.45. The molecule has 0 heterocycles. The zero-order chi connectivity index (χ0) is 18.3. The van der Waals surface area contributed by atoms with E-state index in [1.54, 1.807) is 12.1 Å². The van der Waals surface area contributed by atoms with Crippen LogP contribution in [-0.2, 0) is 17.6 Å². The molecule has 0 saturated heterocycles. The van der Waals surface area contributed by atoms with Crippen LogP contribution >= 0.6 is 0 Å². The highest BCUT2D eigenvalue weighted by Crippen LogP contribution is 2.30. The molecule has 0 spiro atoms. The van der Waals surface area contributed by atoms with Crippen molar-refractivity contribution < 1.29 is 32.5 Å². The molecule has 5 nitrogen and oxygen atoms in total. The predicted octanol–water partition coefficient (Wildman–Crippen LogP) is 2.24. The number of nitrogens with one attached hydrogen (secondary N) is 1. The highest BCUT2D eigenvalue weighted by atomic mass is 19.4. The number of benzene rings is 1. The molecule has 8 heteroatoms. The number of ether oxygens (including phenoxy) is 2. The molecule has 0 radical (unpaired) electrons. The van der Waals surface area contributed by atoms with Crippen LogP contribution in [0.25, 0.3) is 0 Å². The van der Waals surface area contributed by atoms with Crippen molar-refractivity contribution in [3.8, 4) is 11.5 Å². The lowest BCUT2D eigenvalue weighted by molar-refractivity contribution is -0.174. The lowest BCUT2D eigenvalue weighted by Crippen LogP contribution is -2.42. The topological polar surface area (TPSA) is 67.8 Å². The second-order valence-electron chi connectivity index (χ2n) is 5.38. The van der Waals surface area contributed by atoms with Crippen molar-refractivity contribution in [1.29, 1.82) is 0 Å². The number of hydrogen-bond donors (Lipinski definition) is 2. The maximum Gasteiger partial charge on any atom is 0.471 e. The SMILES string of the molecule is COc1cc(CC(C)NC(=O)C(F)(F)F)c(OC)cc1CCCO. The van der Waals surface area contributed by atoms with Crippen molar-refractivity contribution in [3.63, 3.8) is 0 Å². The highest BCUT2D eigenvalue weighted by Gasteiger charge is 2.39. The van der Waals surface area contributed by atoms with Crippen molar-refractivity contribution in [2.24, 2.45) is 0 Å². The number of amides is 1. The Labute approximate surface area is 138 Å². The van der Waals surface area contributed by atoms with Crippen LogP contribution in [0.5, 0.6) is 11.5 Å². The van der Waals surface area contributed by atoms with Gasteiger partial charge in [0.25, 0.3) is 0 Å². The fourth-order valence-corrected chi connectivity index (χ4v) is 2.34. The molecule has 0 aliphatic heterocycles. The Balaban J connectivity index is 2.95. The number of aryl methyl sites for hydroxylation is 1. The molecular weight excluding hydrogens is 327 g/mol. The van der Waals surface area contributed by atoms with E-state index in [4.69, 9.17) is 14.6 Å². The van der Waals surface area contributed by atoms with Gasteiger partial charge in [-0.3, -0.25) is 4.79 Å². The fraction of sp³-hybridized carbons (Fsp3) is 0.562. The molecule has 0 aliphatic carbocycles. The summed E-state index contributed by atoms with van der Waals surface area (Å²) in [6.07, 6.45) is -3.63. The van der Waals surface area contributed by atoms with Gasteiger partial charge in [-0.05, 0) is 49.4 Å². The Morgan fingerprint density at radius 2 is 1.75 bits per heavy atom. The molecule has 2 N–H and O–H groups in total. The van der Waals surface area contributed by atoms with E-state index in [0.717, 1.165) is 5.56 Å². The number of rotatable bonds is 8. The summed E-state index contributed by atoms with van der Waals surface area (Å²) < 4.78 is 47.5. The monoisotopic (exact) mass is 349 g/mol. The molecular formula is C16H22F3NO4. The number of carbonyl (C=O) groups excluding carboxylic acids is 1. The van der Waals surface area contributed by atoms with E-state index in [9.17, 15) is 18.0 Å². The number of methoxy groups -OCH3 is 2. The van der Waals surface area contributed by atoms with Crippen molar-refractivity contribution in [2.75, 3.05) is 20.8 Å². The minimum atomic E-state index is -4.91. The van der Waals surface area contributed by atoms with Gasteiger partial charge in [-0.1, -0.05) is 0 Å². The van der Waals surface area contributed by atoms with Crippen LogP contribution < -0.4 is 14.8 Å². The van der Waals surface area contributed by atoms with Crippen molar-refractivity contribution in [1.82, 2.24) is 5.32 Å². The van der Waals surface area contributed by atoms with Crippen LogP contribution in [0.2, 0.25) is 0 Å². The Hall–Kier alpha value is -1.96. The Kier molecular flexibility index (Phi) is 7.34. The standard InChI is InChI=1S/C16H22F3NO4/c1-10(20-15(22)16(17,18)19)7-12-9-13(23-2)11(5-4-6-21)8-14(12)24-3/h8-10,21H,4-7H2,1-3H3,(H,20,22). The summed E-state index contributed by atoms with van der Waals surface area (Å²) in [5.41, 5.74) is 1.45. The van der Waals surface area contributed by atoms with E-state index in [1.165, 1.54) is 21.1 Å². The summed E-state index contributed by atoms with van der Waals surface area (Å²) in [6, 6.07) is 2.69. The molecule has 0 fully saturated rings. The third-order valence-electron chi connectivity index (χ3n) is 3.45. The van der Waals surface area contributed by atoms with E-state index >= 15 is 0 Å². The number of aliphatic hydroxyl groups is 1. The lowest BCUT2D eigenvalue weighted by Gasteiger charge is -2.19. The minimum absolute atomic E-state index is 0.0354. The Bertz CT molecular complexity index is 561. The van der Waals surface area contributed by atoms with E-state index in [1.807, 2.05) is 5.32 Å². The quantitative estimate of drug-likeness (QED) is 0.755. The number of hydrogen-bond acceptors (Lipinski definition) is 4. The van der Waals surface area contributed by atoms with E-state index in [-0.39, 0.29) is 13.0 Å². The first-order valence-electron chi connectivity index (χ1n) is 7.45. The first-order valence-corrected chi connectivity index (χ1v) is 7.45. The Morgan fingerprint density at radius 1 is 1.21 bits per heavy atom. The molecule has 0 aromatic heterocycles. The normalized spacial score (nSPS) is 12.6. The Morgan fingerprint density at radius 3 is 2.25 bits per heavy atom. The van der Waals surface area contributed by atoms with Crippen molar-refractivity contribution in [2.45, 2.75) is 38.4 Å². The van der Waals surface area contributed by atoms with E-state index in [2.05, 4.69) is 0 Å². The molecule has 1 aromatic carbocycles. The highest BCUT2D eigenvalue weighted by molar-refractivity contribution is 5.81. The van der Waals surface area contributed by atoms with Crippen molar-refractivity contribution >= 4 is 5.91 Å². The third kappa shape index (κ3) is 5.59. The maximum atomic E-state index is 12.3. The van der Waals surface area contributed by atoms with Gasteiger partial charge in [0.2, 0.25) is 0 Å². The molecule has 0 saturated carbocycles. The van der Waals surface area contributed by atoms with Crippen LogP contribution in [0, 0.1) is 0 Å². The van der Waals surface area contributed by atoms with Gasteiger partial charge in [-0.2, -0.15) is 13.2 Å². The second kappa shape index (κ2) is 8.77. The number of alkyl halides is 3.